The lowest BCUT2D eigenvalue weighted by molar-refractivity contribution is -0.138. The number of hydrogen-bond donors (Lipinski definition) is 1. The average molecular weight is 421 g/mol. The minimum atomic E-state index is -0.394. The van der Waals surface area contributed by atoms with Crippen molar-refractivity contribution in [1.29, 1.82) is 0 Å². The van der Waals surface area contributed by atoms with Crippen molar-refractivity contribution in [1.82, 2.24) is 4.90 Å². The van der Waals surface area contributed by atoms with Gasteiger partial charge >= 0.3 is 0 Å². The van der Waals surface area contributed by atoms with Gasteiger partial charge in [0.2, 0.25) is 17.7 Å². The third-order valence-corrected chi connectivity index (χ3v) is 5.98. The van der Waals surface area contributed by atoms with Crippen molar-refractivity contribution in [2.24, 2.45) is 11.8 Å². The summed E-state index contributed by atoms with van der Waals surface area (Å²) < 4.78 is 5.24. The number of piperidine rings is 1. The van der Waals surface area contributed by atoms with Gasteiger partial charge in [0.05, 0.1) is 18.9 Å². The van der Waals surface area contributed by atoms with Crippen LogP contribution in [0.3, 0.4) is 0 Å². The molecule has 0 spiro atoms. The highest BCUT2D eigenvalue weighted by Gasteiger charge is 2.39. The van der Waals surface area contributed by atoms with Gasteiger partial charge in [0.25, 0.3) is 0 Å². The third-order valence-electron chi connectivity index (χ3n) is 5.98. The number of anilines is 2. The van der Waals surface area contributed by atoms with Crippen LogP contribution in [-0.2, 0) is 14.4 Å². The molecule has 162 valence electrons. The van der Waals surface area contributed by atoms with Crippen molar-refractivity contribution in [2.75, 3.05) is 37.0 Å². The molecule has 2 atom stereocenters. The van der Waals surface area contributed by atoms with Gasteiger partial charge in [-0.15, -0.1) is 0 Å². The number of carbonyl (C=O) groups is 3. The SMILES string of the molecule is COc1cccc(N2C[C@@H](C(=O)N3CCC[C@@H](C(=O)Nc4ccccc4)C3)CC2=O)c1. The third kappa shape index (κ3) is 4.71. The molecule has 7 heteroatoms. The minimum absolute atomic E-state index is 0.0454. The fourth-order valence-corrected chi connectivity index (χ4v) is 4.32. The molecule has 2 aliphatic heterocycles. The zero-order valence-corrected chi connectivity index (χ0v) is 17.6. The molecule has 4 rings (SSSR count). The van der Waals surface area contributed by atoms with Crippen molar-refractivity contribution in [2.45, 2.75) is 19.3 Å². The van der Waals surface area contributed by atoms with Gasteiger partial charge in [0.1, 0.15) is 5.75 Å². The number of amides is 3. The van der Waals surface area contributed by atoms with Crippen LogP contribution in [0, 0.1) is 11.8 Å². The fraction of sp³-hybridized carbons (Fsp3) is 0.375. The Bertz CT molecular complexity index is 962. The number of likely N-dealkylation sites (tertiary alicyclic amines) is 1. The second-order valence-electron chi connectivity index (χ2n) is 8.09. The number of carbonyl (C=O) groups excluding carboxylic acids is 3. The number of hydrogen-bond acceptors (Lipinski definition) is 4. The summed E-state index contributed by atoms with van der Waals surface area (Å²) in [7, 11) is 1.58. The largest absolute Gasteiger partial charge is 0.497 e. The highest BCUT2D eigenvalue weighted by atomic mass is 16.5. The fourth-order valence-electron chi connectivity index (χ4n) is 4.32. The normalized spacial score (nSPS) is 21.1. The zero-order chi connectivity index (χ0) is 21.8. The van der Waals surface area contributed by atoms with E-state index in [1.54, 1.807) is 23.0 Å². The molecule has 0 radical (unpaired) electrons. The molecule has 0 unspecified atom stereocenters. The number of benzene rings is 2. The summed E-state index contributed by atoms with van der Waals surface area (Å²) in [5, 5.41) is 2.94. The van der Waals surface area contributed by atoms with Crippen molar-refractivity contribution in [3.05, 3.63) is 54.6 Å². The lowest BCUT2D eigenvalue weighted by Gasteiger charge is -2.33. The molecule has 1 N–H and O–H groups in total. The molecule has 2 aliphatic rings. The van der Waals surface area contributed by atoms with Crippen molar-refractivity contribution >= 4 is 29.1 Å². The van der Waals surface area contributed by atoms with Gasteiger partial charge in [-0.05, 0) is 37.1 Å². The number of para-hydroxylation sites is 1. The van der Waals surface area contributed by atoms with Crippen LogP contribution >= 0.6 is 0 Å². The number of ether oxygens (including phenoxy) is 1. The molecule has 0 bridgehead atoms. The van der Waals surface area contributed by atoms with E-state index in [0.717, 1.165) is 24.2 Å². The summed E-state index contributed by atoms with van der Waals surface area (Å²) in [6, 6.07) is 16.6. The Labute approximate surface area is 182 Å². The van der Waals surface area contributed by atoms with E-state index < -0.39 is 5.92 Å². The van der Waals surface area contributed by atoms with E-state index in [0.29, 0.717) is 25.4 Å². The first-order valence-corrected chi connectivity index (χ1v) is 10.6. The van der Waals surface area contributed by atoms with E-state index in [9.17, 15) is 14.4 Å². The van der Waals surface area contributed by atoms with E-state index in [4.69, 9.17) is 4.74 Å². The van der Waals surface area contributed by atoms with E-state index in [1.165, 1.54) is 0 Å². The lowest BCUT2D eigenvalue weighted by atomic mass is 9.95. The van der Waals surface area contributed by atoms with Gasteiger partial charge < -0.3 is 19.9 Å². The van der Waals surface area contributed by atoms with Crippen LogP contribution in [0.15, 0.2) is 54.6 Å². The van der Waals surface area contributed by atoms with Gasteiger partial charge in [-0.25, -0.2) is 0 Å². The molecule has 7 nitrogen and oxygen atoms in total. The quantitative estimate of drug-likeness (QED) is 0.805. The maximum absolute atomic E-state index is 13.2. The number of nitrogens with one attached hydrogen (secondary N) is 1. The highest BCUT2D eigenvalue weighted by molar-refractivity contribution is 6.00. The van der Waals surface area contributed by atoms with Crippen LogP contribution in [-0.4, -0.2) is 49.4 Å². The maximum atomic E-state index is 13.2. The molecule has 2 aromatic carbocycles. The zero-order valence-electron chi connectivity index (χ0n) is 17.6. The summed E-state index contributed by atoms with van der Waals surface area (Å²) >= 11 is 0. The maximum Gasteiger partial charge on any atom is 0.229 e. The molecule has 0 aliphatic carbocycles. The predicted octanol–water partition coefficient (Wildman–Crippen LogP) is 2.93. The Kier molecular flexibility index (Phi) is 6.21. The first-order valence-electron chi connectivity index (χ1n) is 10.6. The summed E-state index contributed by atoms with van der Waals surface area (Å²) in [5.41, 5.74) is 1.49. The Morgan fingerprint density at radius 3 is 2.61 bits per heavy atom. The molecule has 2 saturated heterocycles. The van der Waals surface area contributed by atoms with Crippen molar-refractivity contribution in [3.63, 3.8) is 0 Å². The standard InChI is InChI=1S/C24H27N3O4/c1-31-21-11-5-10-20(14-21)27-16-18(13-22(27)28)24(30)26-12-6-7-17(15-26)23(29)25-19-8-3-2-4-9-19/h2-5,8-11,14,17-18H,6-7,12-13,15-16H2,1H3,(H,25,29)/t17-,18+/m1/s1. The van der Waals surface area contributed by atoms with E-state index in [2.05, 4.69) is 5.32 Å². The summed E-state index contributed by atoms with van der Waals surface area (Å²) in [5.74, 6) is -0.148. The van der Waals surface area contributed by atoms with Crippen LogP contribution in [0.4, 0.5) is 11.4 Å². The Morgan fingerprint density at radius 1 is 1.03 bits per heavy atom. The molecule has 2 fully saturated rings. The number of methoxy groups -OCH3 is 1. The molecule has 0 aromatic heterocycles. The monoisotopic (exact) mass is 421 g/mol. The van der Waals surface area contributed by atoms with Crippen LogP contribution < -0.4 is 15.0 Å². The van der Waals surface area contributed by atoms with Gasteiger partial charge in [-0.2, -0.15) is 0 Å². The van der Waals surface area contributed by atoms with E-state index in [1.807, 2.05) is 48.5 Å². The van der Waals surface area contributed by atoms with Gasteiger partial charge in [0.15, 0.2) is 0 Å². The van der Waals surface area contributed by atoms with Crippen LogP contribution in [0.25, 0.3) is 0 Å². The highest BCUT2D eigenvalue weighted by Crippen LogP contribution is 2.30. The van der Waals surface area contributed by atoms with Crippen molar-refractivity contribution < 1.29 is 19.1 Å². The smallest absolute Gasteiger partial charge is 0.229 e. The van der Waals surface area contributed by atoms with Gasteiger partial charge in [-0.3, -0.25) is 14.4 Å². The van der Waals surface area contributed by atoms with E-state index in [-0.39, 0.29) is 30.1 Å². The first-order chi connectivity index (χ1) is 15.0. The summed E-state index contributed by atoms with van der Waals surface area (Å²) in [6.45, 7) is 1.36. The topological polar surface area (TPSA) is 79.0 Å². The van der Waals surface area contributed by atoms with Gasteiger partial charge in [0, 0.05) is 43.5 Å². The molecular formula is C24H27N3O4. The summed E-state index contributed by atoms with van der Waals surface area (Å²) in [4.78, 5) is 41.8. The van der Waals surface area contributed by atoms with Crippen LogP contribution in [0.5, 0.6) is 5.75 Å². The average Bonchev–Trinajstić information content (AvgIpc) is 3.21. The predicted molar refractivity (Wildman–Crippen MR) is 118 cm³/mol. The van der Waals surface area contributed by atoms with Gasteiger partial charge in [-0.1, -0.05) is 24.3 Å². The molecule has 2 heterocycles. The molecule has 0 saturated carbocycles. The molecular weight excluding hydrogens is 394 g/mol. The molecule has 3 amide bonds. The first kappa shape index (κ1) is 20.9. The molecule has 2 aromatic rings. The Morgan fingerprint density at radius 2 is 1.84 bits per heavy atom. The number of rotatable bonds is 5. The molecule has 31 heavy (non-hydrogen) atoms. The summed E-state index contributed by atoms with van der Waals surface area (Å²) in [6.07, 6.45) is 1.72. The van der Waals surface area contributed by atoms with Crippen molar-refractivity contribution in [3.8, 4) is 5.75 Å². The minimum Gasteiger partial charge on any atom is -0.497 e. The van der Waals surface area contributed by atoms with E-state index >= 15 is 0 Å². The van der Waals surface area contributed by atoms with Crippen LogP contribution in [0.1, 0.15) is 19.3 Å². The Hall–Kier alpha value is -3.35. The second kappa shape index (κ2) is 9.20. The lowest BCUT2D eigenvalue weighted by Crippen LogP contribution is -2.46. The Balaban J connectivity index is 1.38. The van der Waals surface area contributed by atoms with Crippen LogP contribution in [0.2, 0.25) is 0 Å². The number of nitrogens with zero attached hydrogens (tertiary/aromatic N) is 2. The second-order valence-corrected chi connectivity index (χ2v) is 8.09.